The lowest BCUT2D eigenvalue weighted by Crippen LogP contribution is -2.59. The molecule has 2 amide bonds. The molecule has 2 aliphatic rings. The van der Waals surface area contributed by atoms with Crippen LogP contribution in [-0.4, -0.2) is 56.0 Å². The molecule has 1 aliphatic heterocycles. The van der Waals surface area contributed by atoms with Gasteiger partial charge in [0.05, 0.1) is 31.4 Å². The molecule has 1 heterocycles. The number of nitrogens with one attached hydrogen (secondary N) is 2. The van der Waals surface area contributed by atoms with Crippen molar-refractivity contribution < 1.29 is 32.4 Å². The largest absolute Gasteiger partial charge is 0.466 e. The van der Waals surface area contributed by atoms with E-state index in [1.165, 1.54) is 0 Å². The van der Waals surface area contributed by atoms with E-state index < -0.39 is 40.0 Å². The van der Waals surface area contributed by atoms with E-state index in [4.69, 9.17) is 21.2 Å². The molecule has 0 bridgehead atoms. The first-order chi connectivity index (χ1) is 22.6. The number of fused-ring (bicyclic) bond motifs is 1. The van der Waals surface area contributed by atoms with Gasteiger partial charge in [-0.15, -0.1) is 0 Å². The number of esters is 1. The standard InChI is InChI=1S/C35H40ClN3O7S/c1-3-45-31(40)21-16-23-12-14-24(15-13-23)22-46-37-34(41)32-27-8-4-5-9-28(27)35(42)39(33(32)25-17-19-26(36)20-18-25)30-11-7-6-10-29(30)38-47(2,43)44/h4-5,8-9,12-15,17-20,29-30,32-33,38H,3,6-7,10-11,16,21-22H2,1-2H3,(H,37,41)/t29-,30-,32+,33-/m0/s1. The Balaban J connectivity index is 1.41. The van der Waals surface area contributed by atoms with Crippen molar-refractivity contribution in [1.29, 1.82) is 0 Å². The van der Waals surface area contributed by atoms with Gasteiger partial charge in [0, 0.05) is 29.1 Å². The van der Waals surface area contributed by atoms with Crippen molar-refractivity contribution in [3.8, 4) is 0 Å². The van der Waals surface area contributed by atoms with Crippen LogP contribution in [0.15, 0.2) is 72.8 Å². The van der Waals surface area contributed by atoms with Crippen molar-refractivity contribution in [2.24, 2.45) is 0 Å². The van der Waals surface area contributed by atoms with Gasteiger partial charge in [-0.3, -0.25) is 19.2 Å². The predicted molar refractivity (Wildman–Crippen MR) is 178 cm³/mol. The van der Waals surface area contributed by atoms with Crippen molar-refractivity contribution >= 4 is 39.4 Å². The van der Waals surface area contributed by atoms with E-state index in [2.05, 4.69) is 10.2 Å². The Labute approximate surface area is 280 Å². The third-order valence-electron chi connectivity index (χ3n) is 8.68. The molecule has 47 heavy (non-hydrogen) atoms. The highest BCUT2D eigenvalue weighted by Crippen LogP contribution is 2.46. The Hall–Kier alpha value is -3.77. The zero-order chi connectivity index (χ0) is 33.6. The number of hydroxylamine groups is 1. The maximum Gasteiger partial charge on any atom is 0.306 e. The topological polar surface area (TPSA) is 131 Å². The summed E-state index contributed by atoms with van der Waals surface area (Å²) in [5, 5.41) is 0.508. The Morgan fingerprint density at radius 3 is 2.34 bits per heavy atom. The first kappa shape index (κ1) is 34.6. The maximum absolute atomic E-state index is 14.3. The maximum atomic E-state index is 14.3. The fourth-order valence-electron chi connectivity index (χ4n) is 6.61. The minimum Gasteiger partial charge on any atom is -0.466 e. The summed E-state index contributed by atoms with van der Waals surface area (Å²) in [6.07, 6.45) is 4.74. The second-order valence-electron chi connectivity index (χ2n) is 12.0. The Kier molecular flexibility index (Phi) is 11.3. The fraction of sp³-hybridized carbons (Fsp3) is 0.400. The highest BCUT2D eigenvalue weighted by atomic mass is 35.5. The van der Waals surface area contributed by atoms with Gasteiger partial charge in [-0.05, 0) is 66.6 Å². The highest BCUT2D eigenvalue weighted by molar-refractivity contribution is 7.88. The Morgan fingerprint density at radius 1 is 0.957 bits per heavy atom. The van der Waals surface area contributed by atoms with Gasteiger partial charge in [-0.1, -0.05) is 79.0 Å². The van der Waals surface area contributed by atoms with E-state index in [0.717, 1.165) is 30.2 Å². The summed E-state index contributed by atoms with van der Waals surface area (Å²) < 4.78 is 32.5. The second-order valence-corrected chi connectivity index (χ2v) is 14.2. The average Bonchev–Trinajstić information content (AvgIpc) is 3.04. The summed E-state index contributed by atoms with van der Waals surface area (Å²) in [5.74, 6) is -1.81. The minimum absolute atomic E-state index is 0.0928. The molecule has 0 saturated heterocycles. The molecule has 1 aliphatic carbocycles. The number of amides is 2. The van der Waals surface area contributed by atoms with Crippen molar-refractivity contribution in [1.82, 2.24) is 15.1 Å². The van der Waals surface area contributed by atoms with Crippen LogP contribution in [-0.2, 0) is 42.2 Å². The summed E-state index contributed by atoms with van der Waals surface area (Å²) in [5.41, 5.74) is 6.07. The van der Waals surface area contributed by atoms with Gasteiger partial charge in [0.2, 0.25) is 10.0 Å². The third kappa shape index (κ3) is 8.58. The van der Waals surface area contributed by atoms with Gasteiger partial charge in [0.1, 0.15) is 0 Å². The lowest BCUT2D eigenvalue weighted by atomic mass is 9.76. The highest BCUT2D eigenvalue weighted by Gasteiger charge is 2.49. The van der Waals surface area contributed by atoms with Crippen molar-refractivity contribution in [3.05, 3.63) is 106 Å². The first-order valence-corrected chi connectivity index (χ1v) is 18.1. The zero-order valence-electron chi connectivity index (χ0n) is 26.5. The summed E-state index contributed by atoms with van der Waals surface area (Å²) in [7, 11) is -3.57. The Bertz CT molecular complexity index is 1680. The van der Waals surface area contributed by atoms with E-state index >= 15 is 0 Å². The average molecular weight is 682 g/mol. The number of ether oxygens (including phenoxy) is 1. The van der Waals surface area contributed by atoms with Crippen LogP contribution in [0.25, 0.3) is 0 Å². The van der Waals surface area contributed by atoms with E-state index in [9.17, 15) is 22.8 Å². The third-order valence-corrected chi connectivity index (χ3v) is 9.66. The van der Waals surface area contributed by atoms with Crippen LogP contribution < -0.4 is 10.2 Å². The lowest BCUT2D eigenvalue weighted by Gasteiger charge is -2.49. The zero-order valence-corrected chi connectivity index (χ0v) is 28.1. The second kappa shape index (κ2) is 15.4. The molecule has 5 rings (SSSR count). The molecule has 10 nitrogen and oxygen atoms in total. The van der Waals surface area contributed by atoms with Crippen molar-refractivity contribution in [2.45, 2.75) is 76.1 Å². The molecule has 250 valence electrons. The number of aryl methyl sites for hydroxylation is 1. The molecule has 1 saturated carbocycles. The number of sulfonamides is 1. The van der Waals surface area contributed by atoms with Gasteiger partial charge in [0.25, 0.3) is 11.8 Å². The van der Waals surface area contributed by atoms with Gasteiger partial charge in [-0.25, -0.2) is 18.6 Å². The smallest absolute Gasteiger partial charge is 0.306 e. The summed E-state index contributed by atoms with van der Waals surface area (Å²) in [6, 6.07) is 19.9. The number of carbonyl (C=O) groups is 3. The molecule has 0 unspecified atom stereocenters. The minimum atomic E-state index is -3.57. The van der Waals surface area contributed by atoms with Crippen LogP contribution in [0.5, 0.6) is 0 Å². The fourth-order valence-corrected chi connectivity index (χ4v) is 7.56. The van der Waals surface area contributed by atoms with Crippen LogP contribution in [0.2, 0.25) is 5.02 Å². The lowest BCUT2D eigenvalue weighted by molar-refractivity contribution is -0.143. The number of halogens is 1. The first-order valence-electron chi connectivity index (χ1n) is 15.8. The molecule has 2 N–H and O–H groups in total. The molecule has 4 atom stereocenters. The molecule has 12 heteroatoms. The summed E-state index contributed by atoms with van der Waals surface area (Å²) >= 11 is 6.24. The van der Waals surface area contributed by atoms with Crippen LogP contribution in [0.4, 0.5) is 0 Å². The van der Waals surface area contributed by atoms with Crippen LogP contribution in [0, 0.1) is 0 Å². The van der Waals surface area contributed by atoms with Gasteiger partial charge in [-0.2, -0.15) is 0 Å². The van der Waals surface area contributed by atoms with Crippen LogP contribution in [0.1, 0.15) is 83.6 Å². The summed E-state index contributed by atoms with van der Waals surface area (Å²) in [4.78, 5) is 47.6. The van der Waals surface area contributed by atoms with E-state index in [1.807, 2.05) is 24.3 Å². The molecular weight excluding hydrogens is 642 g/mol. The van der Waals surface area contributed by atoms with Crippen LogP contribution in [0.3, 0.4) is 0 Å². The number of hydrogen-bond acceptors (Lipinski definition) is 7. The van der Waals surface area contributed by atoms with E-state index in [-0.39, 0.29) is 18.5 Å². The van der Waals surface area contributed by atoms with E-state index in [0.29, 0.717) is 54.0 Å². The molecule has 1 fully saturated rings. The molecule has 0 aromatic heterocycles. The number of hydrogen-bond donors (Lipinski definition) is 2. The van der Waals surface area contributed by atoms with E-state index in [1.54, 1.807) is 60.4 Å². The molecular formula is C35H40ClN3O7S. The number of nitrogens with zero attached hydrogens (tertiary/aromatic N) is 1. The monoisotopic (exact) mass is 681 g/mol. The van der Waals surface area contributed by atoms with Gasteiger partial charge >= 0.3 is 5.97 Å². The summed E-state index contributed by atoms with van der Waals surface area (Å²) in [6.45, 7) is 2.22. The number of benzene rings is 3. The number of carbonyl (C=O) groups excluding carboxylic acids is 3. The molecule has 3 aromatic rings. The quantitative estimate of drug-likeness (QED) is 0.198. The SMILES string of the molecule is CCOC(=O)CCc1ccc(CONC(=O)[C@@H]2c3ccccc3C(=O)N([C@H]3CCCC[C@@H]3NS(C)(=O)=O)[C@H]2c2ccc(Cl)cc2)cc1. The molecule has 0 spiro atoms. The van der Waals surface area contributed by atoms with Crippen molar-refractivity contribution in [2.75, 3.05) is 12.9 Å². The van der Waals surface area contributed by atoms with Gasteiger partial charge < -0.3 is 9.64 Å². The van der Waals surface area contributed by atoms with Gasteiger partial charge in [0.15, 0.2) is 0 Å². The number of rotatable bonds is 12. The Morgan fingerprint density at radius 2 is 1.64 bits per heavy atom. The predicted octanol–water partition coefficient (Wildman–Crippen LogP) is 5.22. The molecule has 3 aromatic carbocycles. The van der Waals surface area contributed by atoms with Crippen LogP contribution >= 0.6 is 11.6 Å². The molecule has 0 radical (unpaired) electrons. The normalized spacial score (nSPS) is 21.2. The van der Waals surface area contributed by atoms with Crippen molar-refractivity contribution in [3.63, 3.8) is 0 Å².